The van der Waals surface area contributed by atoms with Crippen LogP contribution in [0.3, 0.4) is 0 Å². The Labute approximate surface area is 224 Å². The van der Waals surface area contributed by atoms with Gasteiger partial charge in [-0.15, -0.1) is 5.10 Å². The van der Waals surface area contributed by atoms with Crippen LogP contribution < -0.4 is 5.32 Å². The number of rotatable bonds is 7. The lowest BCUT2D eigenvalue weighted by atomic mass is 10.0. The standard InChI is InChI=1S/C28H28F3N7O/c1-32-36-26(37(2)23-6-7-23)19-4-3-5-22(13-19)35-27(39)25-14-18(8-10-33-25)20-12-21-16-38(17-28(29,30)31)11-9-24(21)34-15-20/h3-5,8,10,12-15,23H,1,6-7,9,11,16-17H2,2H3,(H,35,39)/b36-26-. The van der Waals surface area contributed by atoms with Crippen molar-refractivity contribution in [1.29, 1.82) is 0 Å². The van der Waals surface area contributed by atoms with E-state index in [9.17, 15) is 18.0 Å². The van der Waals surface area contributed by atoms with Gasteiger partial charge >= 0.3 is 6.18 Å². The average molecular weight is 536 g/mol. The maximum Gasteiger partial charge on any atom is 0.401 e. The fraction of sp³-hybridized carbons (Fsp3) is 0.321. The second kappa shape index (κ2) is 10.9. The molecule has 1 amide bonds. The maximum atomic E-state index is 13.1. The molecule has 1 fully saturated rings. The van der Waals surface area contributed by atoms with Crippen LogP contribution in [0.15, 0.2) is 65.1 Å². The maximum absolute atomic E-state index is 13.1. The lowest BCUT2D eigenvalue weighted by molar-refractivity contribution is -0.147. The third kappa shape index (κ3) is 6.48. The van der Waals surface area contributed by atoms with E-state index in [0.29, 0.717) is 41.7 Å². The Bertz CT molecular complexity index is 1420. The molecule has 1 saturated carbocycles. The second-order valence-electron chi connectivity index (χ2n) is 9.78. The number of nitrogens with zero attached hydrogens (tertiary/aromatic N) is 6. The van der Waals surface area contributed by atoms with E-state index in [1.165, 1.54) is 11.1 Å². The van der Waals surface area contributed by atoms with Crippen molar-refractivity contribution in [3.63, 3.8) is 0 Å². The van der Waals surface area contributed by atoms with Crippen LogP contribution in [0.1, 0.15) is 40.2 Å². The fourth-order valence-corrected chi connectivity index (χ4v) is 4.73. The van der Waals surface area contributed by atoms with E-state index < -0.39 is 18.6 Å². The Morgan fingerprint density at radius 1 is 1.18 bits per heavy atom. The van der Waals surface area contributed by atoms with Gasteiger partial charge in [0.15, 0.2) is 5.84 Å². The number of hydrogen-bond acceptors (Lipinski definition) is 6. The molecule has 0 atom stereocenters. The van der Waals surface area contributed by atoms with Crippen LogP contribution in [-0.2, 0) is 13.0 Å². The summed E-state index contributed by atoms with van der Waals surface area (Å²) in [6.07, 6.45) is 1.61. The van der Waals surface area contributed by atoms with Crippen molar-refractivity contribution in [1.82, 2.24) is 19.8 Å². The second-order valence-corrected chi connectivity index (χ2v) is 9.78. The Morgan fingerprint density at radius 3 is 2.74 bits per heavy atom. The smallest absolute Gasteiger partial charge is 0.355 e. The molecular formula is C28H28F3N7O. The molecule has 5 rings (SSSR count). The van der Waals surface area contributed by atoms with Gasteiger partial charge < -0.3 is 10.2 Å². The number of anilines is 1. The normalized spacial score (nSPS) is 15.9. The van der Waals surface area contributed by atoms with E-state index in [2.05, 4.69) is 37.1 Å². The molecule has 1 aromatic carbocycles. The highest BCUT2D eigenvalue weighted by atomic mass is 19.4. The average Bonchev–Trinajstić information content (AvgIpc) is 3.76. The molecule has 1 aliphatic heterocycles. The van der Waals surface area contributed by atoms with Crippen molar-refractivity contribution < 1.29 is 18.0 Å². The van der Waals surface area contributed by atoms with Crippen molar-refractivity contribution in [2.24, 2.45) is 10.2 Å². The highest BCUT2D eigenvalue weighted by Crippen LogP contribution is 2.29. The number of hydrogen-bond donors (Lipinski definition) is 1. The Morgan fingerprint density at radius 2 is 2.00 bits per heavy atom. The summed E-state index contributed by atoms with van der Waals surface area (Å²) < 4.78 is 38.7. The number of carbonyl (C=O) groups excluding carboxylic acids is 1. The number of halogens is 3. The van der Waals surface area contributed by atoms with Gasteiger partial charge in [0.05, 0.1) is 6.54 Å². The van der Waals surface area contributed by atoms with Gasteiger partial charge in [0.1, 0.15) is 5.69 Å². The summed E-state index contributed by atoms with van der Waals surface area (Å²) in [5.74, 6) is 0.282. The van der Waals surface area contributed by atoms with Crippen LogP contribution in [0.4, 0.5) is 18.9 Å². The molecule has 3 heterocycles. The summed E-state index contributed by atoms with van der Waals surface area (Å²) in [5.41, 5.74) is 4.54. The molecule has 11 heteroatoms. The number of benzene rings is 1. The summed E-state index contributed by atoms with van der Waals surface area (Å²) in [7, 11) is 1.96. The van der Waals surface area contributed by atoms with Crippen molar-refractivity contribution in [3.8, 4) is 11.1 Å². The van der Waals surface area contributed by atoms with E-state index in [-0.39, 0.29) is 12.2 Å². The SMILES string of the molecule is C=N/N=C(/c1cccc(NC(=O)c2cc(-c3cnc4c(c3)CN(CC(F)(F)F)CC4)ccn2)c1)N(C)C1CC1. The van der Waals surface area contributed by atoms with Gasteiger partial charge in [-0.25, -0.2) is 0 Å². The van der Waals surface area contributed by atoms with Crippen LogP contribution in [-0.4, -0.2) is 70.6 Å². The predicted molar refractivity (Wildman–Crippen MR) is 144 cm³/mol. The molecule has 0 radical (unpaired) electrons. The van der Waals surface area contributed by atoms with E-state index in [4.69, 9.17) is 0 Å². The van der Waals surface area contributed by atoms with Gasteiger partial charge in [-0.3, -0.25) is 19.7 Å². The number of fused-ring (bicyclic) bond motifs is 1. The quantitative estimate of drug-likeness (QED) is 0.268. The van der Waals surface area contributed by atoms with Crippen LogP contribution in [0.2, 0.25) is 0 Å². The van der Waals surface area contributed by atoms with E-state index in [1.807, 2.05) is 31.3 Å². The zero-order chi connectivity index (χ0) is 27.6. The van der Waals surface area contributed by atoms with Crippen molar-refractivity contribution >= 4 is 24.1 Å². The summed E-state index contributed by atoms with van der Waals surface area (Å²) in [5, 5.41) is 10.8. The summed E-state index contributed by atoms with van der Waals surface area (Å²) in [6, 6.07) is 13.0. The number of alkyl halides is 3. The number of aromatic nitrogens is 2. The molecule has 0 saturated heterocycles. The zero-order valence-corrected chi connectivity index (χ0v) is 21.4. The third-order valence-corrected chi connectivity index (χ3v) is 6.82. The van der Waals surface area contributed by atoms with E-state index >= 15 is 0 Å². The number of amidine groups is 1. The molecule has 8 nitrogen and oxygen atoms in total. The Kier molecular flexibility index (Phi) is 7.42. The van der Waals surface area contributed by atoms with Gasteiger partial charge in [0.25, 0.3) is 5.91 Å². The summed E-state index contributed by atoms with van der Waals surface area (Å²) in [4.78, 5) is 25.2. The molecule has 2 aliphatic rings. The monoisotopic (exact) mass is 535 g/mol. The van der Waals surface area contributed by atoms with Crippen LogP contribution in [0.25, 0.3) is 11.1 Å². The van der Waals surface area contributed by atoms with Gasteiger partial charge in [-0.05, 0) is 54.3 Å². The first kappa shape index (κ1) is 26.5. The molecule has 0 bridgehead atoms. The molecule has 0 unspecified atom stereocenters. The van der Waals surface area contributed by atoms with Gasteiger partial charge in [-0.1, -0.05) is 12.1 Å². The number of pyridine rings is 2. The topological polar surface area (TPSA) is 86.1 Å². The number of carbonyl (C=O) groups is 1. The summed E-state index contributed by atoms with van der Waals surface area (Å²) >= 11 is 0. The first-order valence-electron chi connectivity index (χ1n) is 12.6. The first-order valence-corrected chi connectivity index (χ1v) is 12.6. The number of amides is 1. The van der Waals surface area contributed by atoms with Crippen molar-refractivity contribution in [2.45, 2.75) is 38.0 Å². The van der Waals surface area contributed by atoms with Crippen LogP contribution in [0.5, 0.6) is 0 Å². The largest absolute Gasteiger partial charge is 0.401 e. The van der Waals surface area contributed by atoms with E-state index in [0.717, 1.165) is 29.7 Å². The highest BCUT2D eigenvalue weighted by Gasteiger charge is 2.32. The van der Waals surface area contributed by atoms with Crippen molar-refractivity contribution in [3.05, 3.63) is 77.4 Å². The molecule has 3 aromatic rings. The minimum atomic E-state index is -4.25. The summed E-state index contributed by atoms with van der Waals surface area (Å²) in [6.45, 7) is 3.01. The predicted octanol–water partition coefficient (Wildman–Crippen LogP) is 4.77. The van der Waals surface area contributed by atoms with Gasteiger partial charge in [0.2, 0.25) is 0 Å². The van der Waals surface area contributed by atoms with Crippen molar-refractivity contribution in [2.75, 3.05) is 25.5 Å². The first-order chi connectivity index (χ1) is 18.7. The minimum Gasteiger partial charge on any atom is -0.355 e. The molecule has 1 aliphatic carbocycles. The molecule has 202 valence electrons. The molecule has 0 spiro atoms. The highest BCUT2D eigenvalue weighted by molar-refractivity contribution is 6.05. The minimum absolute atomic E-state index is 0.174. The lowest BCUT2D eigenvalue weighted by Crippen LogP contribution is -2.38. The molecule has 39 heavy (non-hydrogen) atoms. The van der Waals surface area contributed by atoms with Gasteiger partial charge in [0, 0.05) is 74.2 Å². The Hall–Kier alpha value is -4.12. The lowest BCUT2D eigenvalue weighted by Gasteiger charge is -2.29. The zero-order valence-electron chi connectivity index (χ0n) is 21.4. The van der Waals surface area contributed by atoms with E-state index in [1.54, 1.807) is 24.4 Å². The van der Waals surface area contributed by atoms with Crippen LogP contribution >= 0.6 is 0 Å². The fourth-order valence-electron chi connectivity index (χ4n) is 4.73. The number of nitrogens with one attached hydrogen (secondary N) is 1. The Balaban J connectivity index is 1.32. The molecule has 2 aromatic heterocycles. The van der Waals surface area contributed by atoms with Crippen LogP contribution in [0, 0.1) is 0 Å². The molecule has 1 N–H and O–H groups in total. The third-order valence-electron chi connectivity index (χ3n) is 6.82. The molecular weight excluding hydrogens is 507 g/mol. The van der Waals surface area contributed by atoms with Gasteiger partial charge in [-0.2, -0.15) is 18.3 Å².